The highest BCUT2D eigenvalue weighted by molar-refractivity contribution is 7.09. The van der Waals surface area contributed by atoms with Gasteiger partial charge in [0.05, 0.1) is 17.2 Å². The van der Waals surface area contributed by atoms with Gasteiger partial charge in [0.15, 0.2) is 0 Å². The lowest BCUT2D eigenvalue weighted by Gasteiger charge is -2.08. The molecule has 0 bridgehead atoms. The summed E-state index contributed by atoms with van der Waals surface area (Å²) in [6, 6.07) is 0.0356. The summed E-state index contributed by atoms with van der Waals surface area (Å²) in [5, 5.41) is 8.83. The van der Waals surface area contributed by atoms with Crippen molar-refractivity contribution < 1.29 is 4.79 Å². The number of hydrogen-bond donors (Lipinski definition) is 2. The van der Waals surface area contributed by atoms with E-state index in [1.165, 1.54) is 17.8 Å². The van der Waals surface area contributed by atoms with Crippen LogP contribution in [0.1, 0.15) is 43.3 Å². The van der Waals surface area contributed by atoms with E-state index in [0.29, 0.717) is 12.5 Å². The molecule has 16 heavy (non-hydrogen) atoms. The van der Waals surface area contributed by atoms with Crippen molar-refractivity contribution in [1.29, 1.82) is 0 Å². The van der Waals surface area contributed by atoms with Gasteiger partial charge in [-0.2, -0.15) is 0 Å². The number of hydrogen-bond acceptors (Lipinski definition) is 3. The third kappa shape index (κ3) is 3.20. The van der Waals surface area contributed by atoms with Crippen LogP contribution >= 0.6 is 11.3 Å². The number of urea groups is 1. The van der Waals surface area contributed by atoms with Gasteiger partial charge in [-0.1, -0.05) is 0 Å². The molecule has 1 aliphatic carbocycles. The number of aromatic nitrogens is 1. The van der Waals surface area contributed by atoms with Gasteiger partial charge in [0.1, 0.15) is 0 Å². The number of carbonyl (C=O) groups excluding carboxylic acids is 1. The number of rotatable bonds is 4. The van der Waals surface area contributed by atoms with Gasteiger partial charge in [-0.15, -0.1) is 11.3 Å². The van der Waals surface area contributed by atoms with E-state index >= 15 is 0 Å². The Morgan fingerprint density at radius 3 is 3.00 bits per heavy atom. The monoisotopic (exact) mass is 239 g/mol. The molecule has 1 aromatic heterocycles. The average Bonchev–Trinajstić information content (AvgIpc) is 2.94. The van der Waals surface area contributed by atoms with Crippen LogP contribution < -0.4 is 10.6 Å². The molecule has 5 heteroatoms. The molecule has 0 radical (unpaired) electrons. The minimum Gasteiger partial charge on any atom is -0.336 e. The minimum atomic E-state index is -0.129. The predicted molar refractivity (Wildman–Crippen MR) is 64.6 cm³/mol. The average molecular weight is 239 g/mol. The highest BCUT2D eigenvalue weighted by atomic mass is 32.1. The quantitative estimate of drug-likeness (QED) is 0.846. The van der Waals surface area contributed by atoms with Crippen molar-refractivity contribution in [3.8, 4) is 0 Å². The molecular weight excluding hydrogens is 222 g/mol. The fourth-order valence-corrected chi connectivity index (χ4v) is 2.40. The molecule has 0 aliphatic heterocycles. The van der Waals surface area contributed by atoms with Gasteiger partial charge in [-0.05, 0) is 26.7 Å². The Morgan fingerprint density at radius 2 is 2.38 bits per heavy atom. The van der Waals surface area contributed by atoms with E-state index in [4.69, 9.17) is 0 Å². The standard InChI is InChI=1S/C11H17N3OS/c1-7(2)13-11(15)12-5-9-6-16-10(14-9)8-3-4-8/h6-8H,3-5H2,1-2H3,(H2,12,13,15). The summed E-state index contributed by atoms with van der Waals surface area (Å²) in [7, 11) is 0. The third-order valence-corrected chi connectivity index (χ3v) is 3.40. The van der Waals surface area contributed by atoms with E-state index in [1.54, 1.807) is 11.3 Å². The van der Waals surface area contributed by atoms with Crippen molar-refractivity contribution in [3.05, 3.63) is 16.1 Å². The Kier molecular flexibility index (Phi) is 3.43. The molecule has 4 nitrogen and oxygen atoms in total. The van der Waals surface area contributed by atoms with Crippen molar-refractivity contribution in [1.82, 2.24) is 15.6 Å². The Labute approximate surface area is 99.5 Å². The molecule has 1 aliphatic rings. The van der Waals surface area contributed by atoms with E-state index in [9.17, 15) is 4.79 Å². The first-order valence-electron chi connectivity index (χ1n) is 5.64. The van der Waals surface area contributed by atoms with Crippen LogP contribution in [0, 0.1) is 0 Å². The van der Waals surface area contributed by atoms with Crippen molar-refractivity contribution in [3.63, 3.8) is 0 Å². The summed E-state index contributed by atoms with van der Waals surface area (Å²) in [4.78, 5) is 15.8. The van der Waals surface area contributed by atoms with E-state index < -0.39 is 0 Å². The van der Waals surface area contributed by atoms with Crippen LogP contribution in [0.2, 0.25) is 0 Å². The molecule has 88 valence electrons. The molecule has 0 aromatic carbocycles. The molecule has 0 spiro atoms. The zero-order valence-corrected chi connectivity index (χ0v) is 10.4. The van der Waals surface area contributed by atoms with Crippen LogP contribution in [0.5, 0.6) is 0 Å². The van der Waals surface area contributed by atoms with E-state index in [2.05, 4.69) is 15.6 Å². The normalized spacial score (nSPS) is 15.2. The Balaban J connectivity index is 1.77. The van der Waals surface area contributed by atoms with Crippen molar-refractivity contribution >= 4 is 17.4 Å². The van der Waals surface area contributed by atoms with Crippen LogP contribution in [0.15, 0.2) is 5.38 Å². The summed E-state index contributed by atoms with van der Waals surface area (Å²) < 4.78 is 0. The summed E-state index contributed by atoms with van der Waals surface area (Å²) in [6.45, 7) is 4.39. The zero-order valence-electron chi connectivity index (χ0n) is 9.62. The van der Waals surface area contributed by atoms with Crippen LogP contribution in [0.25, 0.3) is 0 Å². The van der Waals surface area contributed by atoms with Crippen LogP contribution in [-0.2, 0) is 6.54 Å². The molecular formula is C11H17N3OS. The van der Waals surface area contributed by atoms with Gasteiger partial charge in [0.25, 0.3) is 0 Å². The highest BCUT2D eigenvalue weighted by Gasteiger charge is 2.26. The van der Waals surface area contributed by atoms with E-state index in [1.807, 2.05) is 19.2 Å². The second-order valence-electron chi connectivity index (χ2n) is 4.43. The lowest BCUT2D eigenvalue weighted by molar-refractivity contribution is 0.238. The number of thiazole rings is 1. The zero-order chi connectivity index (χ0) is 11.5. The Bertz CT molecular complexity index is 371. The molecule has 2 amide bonds. The third-order valence-electron chi connectivity index (χ3n) is 2.35. The molecule has 1 saturated carbocycles. The first kappa shape index (κ1) is 11.4. The topological polar surface area (TPSA) is 54.0 Å². The molecule has 2 rings (SSSR count). The fraction of sp³-hybridized carbons (Fsp3) is 0.636. The van der Waals surface area contributed by atoms with Gasteiger partial charge in [0, 0.05) is 17.3 Å². The first-order chi connectivity index (χ1) is 7.65. The summed E-state index contributed by atoms with van der Waals surface area (Å²) in [6.07, 6.45) is 2.54. The number of nitrogens with one attached hydrogen (secondary N) is 2. The molecule has 0 saturated heterocycles. The van der Waals surface area contributed by atoms with Crippen LogP contribution in [-0.4, -0.2) is 17.1 Å². The molecule has 2 N–H and O–H groups in total. The number of carbonyl (C=O) groups is 1. The second kappa shape index (κ2) is 4.82. The second-order valence-corrected chi connectivity index (χ2v) is 5.32. The lowest BCUT2D eigenvalue weighted by atomic mass is 10.4. The summed E-state index contributed by atoms with van der Waals surface area (Å²) in [5.41, 5.74) is 0.964. The van der Waals surface area contributed by atoms with Gasteiger partial charge in [0.2, 0.25) is 0 Å². The smallest absolute Gasteiger partial charge is 0.315 e. The number of amides is 2. The molecule has 1 aromatic rings. The lowest BCUT2D eigenvalue weighted by Crippen LogP contribution is -2.39. The maximum absolute atomic E-state index is 11.3. The van der Waals surface area contributed by atoms with Gasteiger partial charge in [-0.25, -0.2) is 9.78 Å². The maximum atomic E-state index is 11.3. The van der Waals surface area contributed by atoms with Crippen LogP contribution in [0.3, 0.4) is 0 Å². The van der Waals surface area contributed by atoms with Crippen molar-refractivity contribution in [2.75, 3.05) is 0 Å². The van der Waals surface area contributed by atoms with Gasteiger partial charge in [-0.3, -0.25) is 0 Å². The van der Waals surface area contributed by atoms with Gasteiger partial charge < -0.3 is 10.6 Å². The van der Waals surface area contributed by atoms with Crippen molar-refractivity contribution in [2.24, 2.45) is 0 Å². The fourth-order valence-electron chi connectivity index (χ4n) is 1.41. The molecule has 1 fully saturated rings. The first-order valence-corrected chi connectivity index (χ1v) is 6.52. The van der Waals surface area contributed by atoms with E-state index in [-0.39, 0.29) is 12.1 Å². The van der Waals surface area contributed by atoms with E-state index in [0.717, 1.165) is 5.69 Å². The van der Waals surface area contributed by atoms with Crippen LogP contribution in [0.4, 0.5) is 4.79 Å². The van der Waals surface area contributed by atoms with Gasteiger partial charge >= 0.3 is 6.03 Å². The summed E-state index contributed by atoms with van der Waals surface area (Å²) in [5.74, 6) is 0.697. The van der Waals surface area contributed by atoms with Crippen molar-refractivity contribution in [2.45, 2.75) is 45.2 Å². The summed E-state index contributed by atoms with van der Waals surface area (Å²) >= 11 is 1.70. The molecule has 0 unspecified atom stereocenters. The minimum absolute atomic E-state index is 0.129. The highest BCUT2D eigenvalue weighted by Crippen LogP contribution is 2.41. The maximum Gasteiger partial charge on any atom is 0.315 e. The molecule has 0 atom stereocenters. The SMILES string of the molecule is CC(C)NC(=O)NCc1csc(C2CC2)n1. The Morgan fingerprint density at radius 1 is 1.62 bits per heavy atom. The Hall–Kier alpha value is -1.10. The number of nitrogens with zero attached hydrogens (tertiary/aromatic N) is 1. The molecule has 1 heterocycles. The predicted octanol–water partition coefficient (Wildman–Crippen LogP) is 2.23. The largest absolute Gasteiger partial charge is 0.336 e.